The van der Waals surface area contributed by atoms with Crippen LogP contribution < -0.4 is 11.2 Å². The van der Waals surface area contributed by atoms with Crippen LogP contribution in [-0.4, -0.2) is 36.7 Å². The van der Waals surface area contributed by atoms with Crippen LogP contribution in [-0.2, 0) is 27.2 Å². The van der Waals surface area contributed by atoms with Gasteiger partial charge in [0.15, 0.2) is 11.2 Å². The monoisotopic (exact) mass is 413 g/mol. The molecule has 1 fully saturated rings. The van der Waals surface area contributed by atoms with Gasteiger partial charge in [-0.3, -0.25) is 18.8 Å². The zero-order valence-corrected chi connectivity index (χ0v) is 17.9. The first-order chi connectivity index (χ1) is 14.2. The summed E-state index contributed by atoms with van der Waals surface area (Å²) in [6.45, 7) is 7.44. The molecule has 1 aliphatic rings. The zero-order chi connectivity index (χ0) is 21.6. The van der Waals surface area contributed by atoms with Crippen LogP contribution in [0.4, 0.5) is 4.39 Å². The molecule has 0 aliphatic carbocycles. The molecule has 0 bridgehead atoms. The summed E-state index contributed by atoms with van der Waals surface area (Å²) >= 11 is 0. The zero-order valence-electron chi connectivity index (χ0n) is 17.9. The molecule has 2 atom stereocenters. The van der Waals surface area contributed by atoms with Crippen LogP contribution in [0.25, 0.3) is 11.2 Å². The maximum atomic E-state index is 13.4. The summed E-state index contributed by atoms with van der Waals surface area (Å²) in [4.78, 5) is 32.5. The number of benzene rings is 1. The summed E-state index contributed by atoms with van der Waals surface area (Å²) in [6.07, 6.45) is 1.21. The number of rotatable bonds is 4. The van der Waals surface area contributed by atoms with E-state index >= 15 is 0 Å². The van der Waals surface area contributed by atoms with E-state index in [2.05, 4.69) is 18.7 Å². The fourth-order valence-corrected chi connectivity index (χ4v) is 4.68. The predicted molar refractivity (Wildman–Crippen MR) is 114 cm³/mol. The van der Waals surface area contributed by atoms with Gasteiger partial charge in [-0.15, -0.1) is 0 Å². The standard InChI is InChI=1S/C22H28FN5O2/c1-14-9-15(2)11-27(10-14)13-18-24-20-19(21(29)26(4)22(30)25(20)3)28(18)12-16-5-7-17(23)8-6-16/h5-8,14-15H,9-13H2,1-4H3. The third-order valence-electron chi connectivity index (χ3n) is 5.99. The average Bonchev–Trinajstić information content (AvgIpc) is 3.03. The molecule has 8 heteroatoms. The Bertz CT molecular complexity index is 1180. The Balaban J connectivity index is 1.84. The molecule has 0 spiro atoms. The van der Waals surface area contributed by atoms with Gasteiger partial charge in [-0.25, -0.2) is 14.2 Å². The second kappa shape index (κ2) is 7.83. The fourth-order valence-electron chi connectivity index (χ4n) is 4.68. The fraction of sp³-hybridized carbons (Fsp3) is 0.500. The van der Waals surface area contributed by atoms with Crippen LogP contribution in [0, 0.1) is 17.7 Å². The molecule has 3 heterocycles. The molecule has 30 heavy (non-hydrogen) atoms. The first kappa shape index (κ1) is 20.5. The van der Waals surface area contributed by atoms with Crippen LogP contribution in [0.5, 0.6) is 0 Å². The lowest BCUT2D eigenvalue weighted by Gasteiger charge is -2.34. The van der Waals surface area contributed by atoms with Crippen molar-refractivity contribution in [2.45, 2.75) is 33.4 Å². The van der Waals surface area contributed by atoms with Crippen molar-refractivity contribution >= 4 is 11.2 Å². The van der Waals surface area contributed by atoms with Crippen molar-refractivity contribution in [3.8, 4) is 0 Å². The lowest BCUT2D eigenvalue weighted by molar-refractivity contribution is 0.130. The predicted octanol–water partition coefficient (Wildman–Crippen LogP) is 2.10. The molecule has 0 radical (unpaired) electrons. The van der Waals surface area contributed by atoms with Crippen molar-refractivity contribution in [1.29, 1.82) is 0 Å². The summed E-state index contributed by atoms with van der Waals surface area (Å²) in [5.74, 6) is 1.64. The van der Waals surface area contributed by atoms with Gasteiger partial charge in [0.1, 0.15) is 11.6 Å². The van der Waals surface area contributed by atoms with Crippen molar-refractivity contribution in [2.75, 3.05) is 13.1 Å². The van der Waals surface area contributed by atoms with Crippen LogP contribution in [0.3, 0.4) is 0 Å². The molecular formula is C22H28FN5O2. The van der Waals surface area contributed by atoms with Crippen molar-refractivity contribution in [3.63, 3.8) is 0 Å². The molecule has 2 unspecified atom stereocenters. The smallest absolute Gasteiger partial charge is 0.317 e. The topological polar surface area (TPSA) is 65.1 Å². The van der Waals surface area contributed by atoms with E-state index in [0.717, 1.165) is 29.0 Å². The minimum atomic E-state index is -0.398. The largest absolute Gasteiger partial charge is 0.332 e. The molecule has 3 aromatic rings. The molecule has 0 amide bonds. The Hall–Kier alpha value is -2.74. The Kier molecular flexibility index (Phi) is 5.36. The highest BCUT2D eigenvalue weighted by atomic mass is 19.1. The van der Waals surface area contributed by atoms with Gasteiger partial charge in [0.05, 0.1) is 6.54 Å². The first-order valence-corrected chi connectivity index (χ1v) is 10.4. The van der Waals surface area contributed by atoms with Gasteiger partial charge in [0, 0.05) is 33.7 Å². The highest BCUT2D eigenvalue weighted by molar-refractivity contribution is 5.71. The second-order valence-corrected chi connectivity index (χ2v) is 8.76. The van der Waals surface area contributed by atoms with Crippen LogP contribution >= 0.6 is 0 Å². The van der Waals surface area contributed by atoms with E-state index in [1.807, 2.05) is 4.57 Å². The van der Waals surface area contributed by atoms with Gasteiger partial charge >= 0.3 is 5.69 Å². The molecule has 7 nitrogen and oxygen atoms in total. The Labute approximate surface area is 174 Å². The van der Waals surface area contributed by atoms with Crippen LogP contribution in [0.15, 0.2) is 33.9 Å². The lowest BCUT2D eigenvalue weighted by atomic mass is 9.92. The van der Waals surface area contributed by atoms with Gasteiger partial charge in [0.2, 0.25) is 0 Å². The van der Waals surface area contributed by atoms with E-state index in [4.69, 9.17) is 4.98 Å². The third-order valence-corrected chi connectivity index (χ3v) is 5.99. The molecule has 160 valence electrons. The molecule has 0 saturated carbocycles. The number of piperidine rings is 1. The van der Waals surface area contributed by atoms with Gasteiger partial charge in [0.25, 0.3) is 5.56 Å². The summed E-state index contributed by atoms with van der Waals surface area (Å²) in [5, 5.41) is 0. The van der Waals surface area contributed by atoms with Crippen molar-refractivity contribution in [3.05, 3.63) is 62.3 Å². The highest BCUT2D eigenvalue weighted by Gasteiger charge is 2.25. The molecular weight excluding hydrogens is 385 g/mol. The Morgan fingerprint density at radius 1 is 1.00 bits per heavy atom. The first-order valence-electron chi connectivity index (χ1n) is 10.4. The minimum Gasteiger partial charge on any atom is -0.317 e. The highest BCUT2D eigenvalue weighted by Crippen LogP contribution is 2.23. The van der Waals surface area contributed by atoms with Crippen molar-refractivity contribution in [1.82, 2.24) is 23.6 Å². The number of aromatic nitrogens is 4. The number of hydrogen-bond donors (Lipinski definition) is 0. The minimum absolute atomic E-state index is 0.302. The number of fused-ring (bicyclic) bond motifs is 1. The van der Waals surface area contributed by atoms with Gasteiger partial charge < -0.3 is 4.57 Å². The Morgan fingerprint density at radius 2 is 1.63 bits per heavy atom. The van der Waals surface area contributed by atoms with Gasteiger partial charge in [-0.2, -0.15) is 0 Å². The van der Waals surface area contributed by atoms with E-state index in [9.17, 15) is 14.0 Å². The molecule has 1 saturated heterocycles. The number of likely N-dealkylation sites (tertiary alicyclic amines) is 1. The normalized spacial score (nSPS) is 20.2. The third kappa shape index (κ3) is 3.71. The number of halogens is 1. The molecule has 0 N–H and O–H groups in total. The molecule has 1 aromatic carbocycles. The lowest BCUT2D eigenvalue weighted by Crippen LogP contribution is -2.39. The van der Waals surface area contributed by atoms with Crippen LogP contribution in [0.2, 0.25) is 0 Å². The number of aryl methyl sites for hydroxylation is 1. The summed E-state index contributed by atoms with van der Waals surface area (Å²) in [6, 6.07) is 6.25. The van der Waals surface area contributed by atoms with E-state index < -0.39 is 5.69 Å². The van der Waals surface area contributed by atoms with E-state index in [-0.39, 0.29) is 11.4 Å². The van der Waals surface area contributed by atoms with Gasteiger partial charge in [-0.05, 0) is 36.0 Å². The van der Waals surface area contributed by atoms with Crippen molar-refractivity contribution < 1.29 is 4.39 Å². The summed E-state index contributed by atoms with van der Waals surface area (Å²) in [5.41, 5.74) is 0.892. The molecule has 1 aliphatic heterocycles. The maximum absolute atomic E-state index is 13.4. The van der Waals surface area contributed by atoms with E-state index in [0.29, 0.717) is 36.1 Å². The molecule has 2 aromatic heterocycles. The van der Waals surface area contributed by atoms with Gasteiger partial charge in [-0.1, -0.05) is 26.0 Å². The quantitative estimate of drug-likeness (QED) is 0.657. The van der Waals surface area contributed by atoms with Crippen LogP contribution in [0.1, 0.15) is 31.7 Å². The Morgan fingerprint density at radius 3 is 2.27 bits per heavy atom. The van der Waals surface area contributed by atoms with E-state index in [1.54, 1.807) is 19.2 Å². The number of hydrogen-bond acceptors (Lipinski definition) is 4. The number of imidazole rings is 1. The van der Waals surface area contributed by atoms with E-state index in [1.165, 1.54) is 30.2 Å². The summed E-state index contributed by atoms with van der Waals surface area (Å²) in [7, 11) is 3.11. The second-order valence-electron chi connectivity index (χ2n) is 8.76. The maximum Gasteiger partial charge on any atom is 0.332 e. The van der Waals surface area contributed by atoms with Crippen molar-refractivity contribution in [2.24, 2.45) is 25.9 Å². The SMILES string of the molecule is CC1CC(C)CN(Cc2nc3c(c(=O)n(C)c(=O)n3C)n2Cc2ccc(F)cc2)C1. The number of nitrogens with zero attached hydrogens (tertiary/aromatic N) is 5. The molecule has 4 rings (SSSR count). The average molecular weight is 413 g/mol. The summed E-state index contributed by atoms with van der Waals surface area (Å²) < 4.78 is 17.8.